The van der Waals surface area contributed by atoms with E-state index in [2.05, 4.69) is 38.4 Å². The Balaban J connectivity index is 1.76. The van der Waals surface area contributed by atoms with Gasteiger partial charge in [-0.15, -0.1) is 0 Å². The van der Waals surface area contributed by atoms with Gasteiger partial charge in [-0.25, -0.2) is 0 Å². The molecule has 136 valence electrons. The third-order valence-corrected chi connectivity index (χ3v) is 6.24. The van der Waals surface area contributed by atoms with Crippen molar-refractivity contribution in [2.75, 3.05) is 41.7 Å². The van der Waals surface area contributed by atoms with Gasteiger partial charge in [0.05, 0.1) is 40.8 Å². The number of fused-ring (bicyclic) bond motifs is 2. The van der Waals surface area contributed by atoms with E-state index in [1.807, 2.05) is 0 Å². The van der Waals surface area contributed by atoms with Gasteiger partial charge in [0, 0.05) is 12.0 Å². The molecule has 0 saturated heterocycles. The second-order valence-electron chi connectivity index (χ2n) is 7.97. The van der Waals surface area contributed by atoms with Crippen molar-refractivity contribution in [1.82, 2.24) is 0 Å². The molecule has 2 bridgehead atoms. The molecule has 5 nitrogen and oxygen atoms in total. The Bertz CT molecular complexity index is 905. The molecule has 2 atom stereocenters. The maximum Gasteiger partial charge on any atom is 0.231 e. The van der Waals surface area contributed by atoms with E-state index in [1.54, 1.807) is 14.2 Å². The highest BCUT2D eigenvalue weighted by atomic mass is 16.7. The highest BCUT2D eigenvalue weighted by Gasteiger charge is 2.46. The van der Waals surface area contributed by atoms with Gasteiger partial charge in [0.15, 0.2) is 23.0 Å². The predicted molar refractivity (Wildman–Crippen MR) is 97.4 cm³/mol. The minimum atomic E-state index is 0.308. The first-order valence-electron chi connectivity index (χ1n) is 9.02. The van der Waals surface area contributed by atoms with Crippen molar-refractivity contribution in [3.63, 3.8) is 0 Å². The molecule has 6 rings (SSSR count). The van der Waals surface area contributed by atoms with Crippen LogP contribution < -0.4 is 18.9 Å². The first-order valence-corrected chi connectivity index (χ1v) is 9.02. The topological polar surface area (TPSA) is 36.9 Å². The normalized spacial score (nSPS) is 23.8. The minimum absolute atomic E-state index is 0.308. The van der Waals surface area contributed by atoms with E-state index in [-0.39, 0.29) is 0 Å². The predicted octanol–water partition coefficient (Wildman–Crippen LogP) is 3.25. The van der Waals surface area contributed by atoms with E-state index in [9.17, 15) is 0 Å². The van der Waals surface area contributed by atoms with Crippen molar-refractivity contribution in [3.05, 3.63) is 46.5 Å². The number of hydrogen-bond acceptors (Lipinski definition) is 4. The van der Waals surface area contributed by atoms with Crippen LogP contribution in [-0.4, -0.2) is 46.1 Å². The van der Waals surface area contributed by atoms with E-state index in [1.165, 1.54) is 22.3 Å². The number of rotatable bonds is 2. The summed E-state index contributed by atoms with van der Waals surface area (Å²) in [5, 5.41) is 0. The smallest absolute Gasteiger partial charge is 0.231 e. The van der Waals surface area contributed by atoms with E-state index < -0.39 is 0 Å². The highest BCUT2D eigenvalue weighted by Crippen LogP contribution is 2.52. The molecule has 0 spiro atoms. The Morgan fingerprint density at radius 2 is 1.54 bits per heavy atom. The van der Waals surface area contributed by atoms with Crippen molar-refractivity contribution >= 4 is 0 Å². The first kappa shape index (κ1) is 15.8. The molecule has 1 aliphatic carbocycles. The van der Waals surface area contributed by atoms with E-state index >= 15 is 0 Å². The average Bonchev–Trinajstić information content (AvgIpc) is 3.00. The van der Waals surface area contributed by atoms with Crippen molar-refractivity contribution in [1.29, 1.82) is 0 Å². The molecule has 5 heteroatoms. The second-order valence-corrected chi connectivity index (χ2v) is 7.97. The van der Waals surface area contributed by atoms with Crippen LogP contribution in [0.25, 0.3) is 0 Å². The van der Waals surface area contributed by atoms with Gasteiger partial charge in [-0.2, -0.15) is 0 Å². The fraction of sp³-hybridized carbons (Fsp3) is 0.429. The van der Waals surface area contributed by atoms with Gasteiger partial charge in [0.25, 0.3) is 0 Å². The molecule has 4 aliphatic rings. The molecule has 2 aromatic carbocycles. The number of benzene rings is 2. The summed E-state index contributed by atoms with van der Waals surface area (Å²) in [6, 6.07) is 9.10. The minimum Gasteiger partial charge on any atom is -0.493 e. The molecule has 3 aliphatic heterocycles. The SMILES string of the molecule is COc1cc2c(cc1OC)[C@H]1Cc3cc4c(cc3[C@H]2C[N+]1(C)C)OCO4. The summed E-state index contributed by atoms with van der Waals surface area (Å²) in [5.74, 6) is 3.64. The Morgan fingerprint density at radius 3 is 2.23 bits per heavy atom. The molecule has 26 heavy (non-hydrogen) atoms. The van der Waals surface area contributed by atoms with Gasteiger partial charge in [-0.05, 0) is 41.0 Å². The standard InChI is InChI=1S/C21H24NO4/c1-22(2)10-16-13-7-21-20(25-11-26-21)6-12(13)5-17(22)15-9-19(24-4)18(23-3)8-14(15)16/h6-9,16-17H,5,10-11H2,1-4H3/q+1/t16-,17-/m1/s1. The quantitative estimate of drug-likeness (QED) is 0.776. The van der Waals surface area contributed by atoms with Crippen LogP contribution in [0.3, 0.4) is 0 Å². The summed E-state index contributed by atoms with van der Waals surface area (Å²) in [6.07, 6.45) is 0.984. The average molecular weight is 354 g/mol. The molecule has 3 heterocycles. The van der Waals surface area contributed by atoms with E-state index in [0.29, 0.717) is 18.8 Å². The van der Waals surface area contributed by atoms with Crippen LogP contribution in [-0.2, 0) is 6.42 Å². The fourth-order valence-corrected chi connectivity index (χ4v) is 4.91. The Hall–Kier alpha value is -2.40. The lowest BCUT2D eigenvalue weighted by Gasteiger charge is -2.44. The Morgan fingerprint density at radius 1 is 0.885 bits per heavy atom. The monoisotopic (exact) mass is 354 g/mol. The number of hydrogen-bond donors (Lipinski definition) is 0. The van der Waals surface area contributed by atoms with Gasteiger partial charge >= 0.3 is 0 Å². The van der Waals surface area contributed by atoms with Gasteiger partial charge in [0.2, 0.25) is 6.79 Å². The maximum absolute atomic E-state index is 5.66. The van der Waals surface area contributed by atoms with Crippen molar-refractivity contribution in [3.8, 4) is 23.0 Å². The molecule has 0 saturated carbocycles. The van der Waals surface area contributed by atoms with Crippen molar-refractivity contribution in [2.24, 2.45) is 0 Å². The summed E-state index contributed by atoms with van der Waals surface area (Å²) in [5.41, 5.74) is 5.43. The van der Waals surface area contributed by atoms with Gasteiger partial charge < -0.3 is 23.4 Å². The van der Waals surface area contributed by atoms with Crippen LogP contribution in [0.15, 0.2) is 24.3 Å². The molecular formula is C21H24NO4+. The molecule has 0 unspecified atom stereocenters. The van der Waals surface area contributed by atoms with Crippen LogP contribution >= 0.6 is 0 Å². The lowest BCUT2D eigenvalue weighted by atomic mass is 9.83. The van der Waals surface area contributed by atoms with E-state index in [0.717, 1.165) is 40.4 Å². The highest BCUT2D eigenvalue weighted by molar-refractivity contribution is 5.58. The number of quaternary nitrogens is 1. The molecule has 0 amide bonds. The summed E-state index contributed by atoms with van der Waals surface area (Å²) < 4.78 is 23.4. The zero-order valence-electron chi connectivity index (χ0n) is 15.7. The third-order valence-electron chi connectivity index (χ3n) is 6.24. The van der Waals surface area contributed by atoms with Crippen LogP contribution in [0.4, 0.5) is 0 Å². The van der Waals surface area contributed by atoms with Crippen LogP contribution in [0.5, 0.6) is 23.0 Å². The number of methoxy groups -OCH3 is 2. The van der Waals surface area contributed by atoms with Crippen LogP contribution in [0.2, 0.25) is 0 Å². The maximum atomic E-state index is 5.66. The molecule has 0 fully saturated rings. The summed E-state index contributed by atoms with van der Waals surface area (Å²) in [4.78, 5) is 0. The zero-order valence-corrected chi connectivity index (χ0v) is 15.7. The molecule has 0 radical (unpaired) electrons. The Labute approximate surface area is 153 Å². The molecule has 0 N–H and O–H groups in total. The van der Waals surface area contributed by atoms with E-state index in [4.69, 9.17) is 18.9 Å². The number of nitrogens with zero attached hydrogens (tertiary/aromatic N) is 1. The Kier molecular flexibility index (Phi) is 3.23. The number of likely N-dealkylation sites (N-methyl/N-ethyl adjacent to an activating group) is 1. The fourth-order valence-electron chi connectivity index (χ4n) is 4.91. The second kappa shape index (κ2) is 5.30. The van der Waals surface area contributed by atoms with Gasteiger partial charge in [0.1, 0.15) is 6.04 Å². The number of ether oxygens (including phenoxy) is 4. The molecular weight excluding hydrogens is 330 g/mol. The van der Waals surface area contributed by atoms with Crippen molar-refractivity contribution in [2.45, 2.75) is 18.4 Å². The summed E-state index contributed by atoms with van der Waals surface area (Å²) >= 11 is 0. The lowest BCUT2D eigenvalue weighted by Crippen LogP contribution is -2.48. The van der Waals surface area contributed by atoms with Crippen LogP contribution in [0.1, 0.15) is 34.2 Å². The summed E-state index contributed by atoms with van der Waals surface area (Å²) in [6.45, 7) is 1.37. The van der Waals surface area contributed by atoms with Crippen LogP contribution in [0, 0.1) is 0 Å². The molecule has 2 aromatic rings. The third kappa shape index (κ3) is 2.07. The first-order chi connectivity index (χ1) is 12.5. The largest absolute Gasteiger partial charge is 0.493 e. The summed E-state index contributed by atoms with van der Waals surface area (Å²) in [7, 11) is 8.05. The molecule has 0 aromatic heterocycles. The lowest BCUT2D eigenvalue weighted by molar-refractivity contribution is -0.923. The van der Waals surface area contributed by atoms with Crippen molar-refractivity contribution < 1.29 is 23.4 Å². The zero-order chi connectivity index (χ0) is 18.1. The van der Waals surface area contributed by atoms with Gasteiger partial charge in [-0.1, -0.05) is 0 Å². The van der Waals surface area contributed by atoms with Gasteiger partial charge in [-0.3, -0.25) is 0 Å².